The molecule has 1 atom stereocenters. The highest BCUT2D eigenvalue weighted by Crippen LogP contribution is 2.38. The highest BCUT2D eigenvalue weighted by atomic mass is 16.5. The van der Waals surface area contributed by atoms with Crippen molar-refractivity contribution in [2.75, 3.05) is 13.7 Å². The van der Waals surface area contributed by atoms with E-state index in [-0.39, 0.29) is 17.8 Å². The van der Waals surface area contributed by atoms with Gasteiger partial charge in [0, 0.05) is 30.1 Å². The Labute approximate surface area is 196 Å². The Morgan fingerprint density at radius 2 is 1.97 bits per heavy atom. The second-order valence-electron chi connectivity index (χ2n) is 8.24. The third-order valence-electron chi connectivity index (χ3n) is 6.22. The number of hydrogen-bond donors (Lipinski definition) is 2. The van der Waals surface area contributed by atoms with E-state index < -0.39 is 17.7 Å². The fourth-order valence-electron chi connectivity index (χ4n) is 4.52. The van der Waals surface area contributed by atoms with E-state index in [4.69, 9.17) is 9.15 Å². The summed E-state index contributed by atoms with van der Waals surface area (Å²) in [6.07, 6.45) is 4.00. The molecule has 0 unspecified atom stereocenters. The van der Waals surface area contributed by atoms with Gasteiger partial charge in [-0.15, -0.1) is 0 Å². The van der Waals surface area contributed by atoms with Crippen molar-refractivity contribution in [3.63, 3.8) is 0 Å². The van der Waals surface area contributed by atoms with Gasteiger partial charge in [0.2, 0.25) is 0 Å². The third-order valence-corrected chi connectivity index (χ3v) is 6.22. The number of ether oxygens (including phenoxy) is 1. The van der Waals surface area contributed by atoms with E-state index in [0.29, 0.717) is 18.7 Å². The first-order chi connectivity index (χ1) is 16.6. The van der Waals surface area contributed by atoms with Gasteiger partial charge in [0.15, 0.2) is 11.5 Å². The van der Waals surface area contributed by atoms with Gasteiger partial charge >= 0.3 is 0 Å². The molecule has 0 saturated carbocycles. The average molecular weight is 456 g/mol. The second-order valence-corrected chi connectivity index (χ2v) is 8.24. The van der Waals surface area contributed by atoms with Crippen LogP contribution in [0.4, 0.5) is 0 Å². The first-order valence-electron chi connectivity index (χ1n) is 11.1. The minimum Gasteiger partial charge on any atom is -0.503 e. The summed E-state index contributed by atoms with van der Waals surface area (Å²) in [5.41, 5.74) is 2.85. The molecule has 2 N–H and O–H groups in total. The number of Topliss-reactive ketones (excluding diaryl/α,β-unsaturated/α-hetero) is 1. The number of fused-ring (bicyclic) bond motifs is 1. The maximum atomic E-state index is 13.2. The smallest absolute Gasteiger partial charge is 0.290 e. The maximum absolute atomic E-state index is 13.2. The van der Waals surface area contributed by atoms with Crippen LogP contribution in [0.15, 0.2) is 88.9 Å². The highest BCUT2D eigenvalue weighted by molar-refractivity contribution is 6.09. The molecule has 0 bridgehead atoms. The summed E-state index contributed by atoms with van der Waals surface area (Å²) >= 11 is 0. The van der Waals surface area contributed by atoms with E-state index in [1.165, 1.54) is 11.2 Å². The summed E-state index contributed by atoms with van der Waals surface area (Å²) in [7, 11) is 1.62. The number of carbonyl (C=O) groups excluding carboxylic acids is 2. The Bertz CT molecular complexity index is 1370. The van der Waals surface area contributed by atoms with Crippen LogP contribution < -0.4 is 4.74 Å². The number of nitrogens with zero attached hydrogens (tertiary/aromatic N) is 1. The first-order valence-corrected chi connectivity index (χ1v) is 11.1. The van der Waals surface area contributed by atoms with Gasteiger partial charge < -0.3 is 24.1 Å². The molecule has 5 rings (SSSR count). The Morgan fingerprint density at radius 1 is 1.15 bits per heavy atom. The number of furan rings is 1. The van der Waals surface area contributed by atoms with Gasteiger partial charge in [0.25, 0.3) is 5.91 Å². The van der Waals surface area contributed by atoms with Gasteiger partial charge in [-0.1, -0.05) is 30.3 Å². The second kappa shape index (κ2) is 8.94. The van der Waals surface area contributed by atoms with Crippen molar-refractivity contribution in [2.45, 2.75) is 18.9 Å². The molecule has 0 saturated heterocycles. The molecule has 172 valence electrons. The fourth-order valence-corrected chi connectivity index (χ4v) is 4.52. The summed E-state index contributed by atoms with van der Waals surface area (Å²) in [6, 6.07) is 17.7. The van der Waals surface area contributed by atoms with Crippen molar-refractivity contribution < 1.29 is 23.8 Å². The van der Waals surface area contributed by atoms with Crippen molar-refractivity contribution in [2.24, 2.45) is 0 Å². The molecule has 1 aliphatic rings. The molecule has 2 aromatic heterocycles. The van der Waals surface area contributed by atoms with Gasteiger partial charge in [-0.3, -0.25) is 9.59 Å². The number of aliphatic hydroxyl groups is 1. The highest BCUT2D eigenvalue weighted by Gasteiger charge is 2.44. The average Bonchev–Trinajstić information content (AvgIpc) is 3.58. The summed E-state index contributed by atoms with van der Waals surface area (Å²) in [5.74, 6) is -0.211. The SMILES string of the molecule is COc1ccc2[nH]cc(CCN3C(=O)C(O)=C(C(=O)Cc4ccccc4)[C@H]3c3ccco3)c2c1. The summed E-state index contributed by atoms with van der Waals surface area (Å²) < 4.78 is 10.9. The molecule has 1 amide bonds. The van der Waals surface area contributed by atoms with Crippen LogP contribution in [0.25, 0.3) is 10.9 Å². The largest absolute Gasteiger partial charge is 0.503 e. The molecule has 0 fully saturated rings. The monoisotopic (exact) mass is 456 g/mol. The van der Waals surface area contributed by atoms with E-state index >= 15 is 0 Å². The Balaban J connectivity index is 1.43. The number of aromatic amines is 1. The van der Waals surface area contributed by atoms with Crippen molar-refractivity contribution in [1.29, 1.82) is 0 Å². The van der Waals surface area contributed by atoms with Crippen LogP contribution in [0.2, 0.25) is 0 Å². The van der Waals surface area contributed by atoms with Gasteiger partial charge in [-0.05, 0) is 47.9 Å². The molecule has 0 spiro atoms. The van der Waals surface area contributed by atoms with Gasteiger partial charge in [0.05, 0.1) is 18.9 Å². The first kappa shape index (κ1) is 21.6. The van der Waals surface area contributed by atoms with Crippen LogP contribution >= 0.6 is 0 Å². The number of methoxy groups -OCH3 is 1. The number of carbonyl (C=O) groups is 2. The molecular weight excluding hydrogens is 432 g/mol. The Kier molecular flexibility index (Phi) is 5.67. The zero-order chi connectivity index (χ0) is 23.7. The van der Waals surface area contributed by atoms with Crippen LogP contribution in [0.3, 0.4) is 0 Å². The van der Waals surface area contributed by atoms with E-state index in [0.717, 1.165) is 27.8 Å². The number of ketones is 1. The van der Waals surface area contributed by atoms with E-state index in [2.05, 4.69) is 4.98 Å². The molecule has 2 aromatic carbocycles. The topological polar surface area (TPSA) is 95.8 Å². The minimum absolute atomic E-state index is 0.0735. The summed E-state index contributed by atoms with van der Waals surface area (Å²) in [6.45, 7) is 0.292. The lowest BCUT2D eigenvalue weighted by Gasteiger charge is -2.24. The molecule has 3 heterocycles. The van der Waals surface area contributed by atoms with Crippen LogP contribution in [0.1, 0.15) is 22.9 Å². The summed E-state index contributed by atoms with van der Waals surface area (Å²) in [4.78, 5) is 31.1. The third kappa shape index (κ3) is 3.85. The predicted molar refractivity (Wildman–Crippen MR) is 127 cm³/mol. The predicted octanol–water partition coefficient (Wildman–Crippen LogP) is 4.52. The van der Waals surface area contributed by atoms with Gasteiger partial charge in [-0.2, -0.15) is 0 Å². The standard InChI is InChI=1S/C27H24N2O5/c1-33-19-9-10-21-20(15-19)18(16-28-21)11-12-29-25(23-8-5-13-34-23)24(26(31)27(29)32)22(30)14-17-6-3-2-4-7-17/h2-10,13,15-16,25,28,31H,11-12,14H2,1H3/t25-/m1/s1. The maximum Gasteiger partial charge on any atom is 0.290 e. The number of rotatable bonds is 8. The van der Waals surface area contributed by atoms with Crippen LogP contribution in [0, 0.1) is 0 Å². The number of aliphatic hydroxyl groups excluding tert-OH is 1. The number of H-pyrrole nitrogens is 1. The van der Waals surface area contributed by atoms with Crippen molar-refractivity contribution in [1.82, 2.24) is 9.88 Å². The van der Waals surface area contributed by atoms with Gasteiger partial charge in [0.1, 0.15) is 17.6 Å². The lowest BCUT2D eigenvalue weighted by molar-refractivity contribution is -0.129. The molecular formula is C27H24N2O5. The molecule has 1 aliphatic heterocycles. The normalized spacial score (nSPS) is 16.0. The Hall–Kier alpha value is -4.26. The molecule has 34 heavy (non-hydrogen) atoms. The molecule has 4 aromatic rings. The number of aromatic nitrogens is 1. The lowest BCUT2D eigenvalue weighted by Crippen LogP contribution is -2.33. The lowest BCUT2D eigenvalue weighted by atomic mass is 9.96. The van der Waals surface area contributed by atoms with E-state index in [1.54, 1.807) is 19.2 Å². The fraction of sp³-hybridized carbons (Fsp3) is 0.185. The minimum atomic E-state index is -0.779. The Morgan fingerprint density at radius 3 is 2.71 bits per heavy atom. The molecule has 7 heteroatoms. The van der Waals surface area contributed by atoms with Crippen LogP contribution in [-0.4, -0.2) is 40.3 Å². The number of amides is 1. The molecule has 0 aliphatic carbocycles. The van der Waals surface area contributed by atoms with Crippen molar-refractivity contribution in [3.8, 4) is 5.75 Å². The number of nitrogens with one attached hydrogen (secondary N) is 1. The van der Waals surface area contributed by atoms with E-state index in [1.807, 2.05) is 54.7 Å². The van der Waals surface area contributed by atoms with E-state index in [9.17, 15) is 14.7 Å². The van der Waals surface area contributed by atoms with Gasteiger partial charge in [-0.25, -0.2) is 0 Å². The zero-order valence-corrected chi connectivity index (χ0v) is 18.7. The van der Waals surface area contributed by atoms with Crippen LogP contribution in [0.5, 0.6) is 5.75 Å². The zero-order valence-electron chi connectivity index (χ0n) is 18.7. The quantitative estimate of drug-likeness (QED) is 0.406. The number of benzene rings is 2. The summed E-state index contributed by atoms with van der Waals surface area (Å²) in [5, 5.41) is 11.7. The molecule has 7 nitrogen and oxygen atoms in total. The number of hydrogen-bond acceptors (Lipinski definition) is 5. The van der Waals surface area contributed by atoms with Crippen LogP contribution in [-0.2, 0) is 22.4 Å². The molecule has 0 radical (unpaired) electrons. The van der Waals surface area contributed by atoms with Crippen molar-refractivity contribution in [3.05, 3.63) is 101 Å². The van der Waals surface area contributed by atoms with Crippen molar-refractivity contribution >= 4 is 22.6 Å².